The Kier molecular flexibility index (Phi) is 5.65. The lowest BCUT2D eigenvalue weighted by molar-refractivity contribution is -0.137. The van der Waals surface area contributed by atoms with Crippen LogP contribution in [0.3, 0.4) is 0 Å². The highest BCUT2D eigenvalue weighted by molar-refractivity contribution is 6.30. The predicted molar refractivity (Wildman–Crippen MR) is 127 cm³/mol. The van der Waals surface area contributed by atoms with Crippen molar-refractivity contribution in [2.75, 3.05) is 36.0 Å². The van der Waals surface area contributed by atoms with E-state index < -0.39 is 11.7 Å². The SMILES string of the molecule is N#Cc1c(N2CCN(c3ccc(C(F)(F)F)cc3)CC2)nn2c(=O)c(-c3ccc(Cl)cc3)c[nH]c12. The Bertz CT molecular complexity index is 1480. The van der Waals surface area contributed by atoms with Crippen LogP contribution in [-0.2, 0) is 6.18 Å². The maximum absolute atomic E-state index is 13.1. The molecule has 0 spiro atoms. The van der Waals surface area contributed by atoms with Gasteiger partial charge in [-0.1, -0.05) is 23.7 Å². The third kappa shape index (κ3) is 4.19. The van der Waals surface area contributed by atoms with Gasteiger partial charge in [-0.25, -0.2) is 0 Å². The Balaban J connectivity index is 1.40. The molecule has 7 nitrogen and oxygen atoms in total. The van der Waals surface area contributed by atoms with Crippen LogP contribution in [-0.4, -0.2) is 40.8 Å². The van der Waals surface area contributed by atoms with Gasteiger partial charge in [0.2, 0.25) is 0 Å². The average Bonchev–Trinajstić information content (AvgIpc) is 3.24. The van der Waals surface area contributed by atoms with Gasteiger partial charge in [0.1, 0.15) is 11.6 Å². The molecule has 4 aromatic rings. The number of aromatic amines is 1. The molecule has 0 amide bonds. The van der Waals surface area contributed by atoms with Gasteiger partial charge in [-0.2, -0.15) is 22.9 Å². The lowest BCUT2D eigenvalue weighted by Gasteiger charge is -2.36. The van der Waals surface area contributed by atoms with Crippen molar-refractivity contribution in [2.24, 2.45) is 0 Å². The minimum Gasteiger partial charge on any atom is -0.368 e. The first-order chi connectivity index (χ1) is 16.8. The van der Waals surface area contributed by atoms with Gasteiger partial charge in [-0.05, 0) is 42.0 Å². The monoisotopic (exact) mass is 498 g/mol. The number of rotatable bonds is 3. The summed E-state index contributed by atoms with van der Waals surface area (Å²) in [5.74, 6) is 0.390. The topological polar surface area (TPSA) is 80.4 Å². The van der Waals surface area contributed by atoms with Crippen molar-refractivity contribution in [1.29, 1.82) is 5.26 Å². The van der Waals surface area contributed by atoms with Gasteiger partial charge in [-0.15, -0.1) is 5.10 Å². The molecular formula is C24H18ClF3N6O. The predicted octanol–water partition coefficient (Wildman–Crippen LogP) is 4.56. The van der Waals surface area contributed by atoms with E-state index in [0.29, 0.717) is 59.5 Å². The number of alkyl halides is 3. The highest BCUT2D eigenvalue weighted by Crippen LogP contribution is 2.31. The molecule has 0 radical (unpaired) electrons. The fraction of sp³-hybridized carbons (Fsp3) is 0.208. The highest BCUT2D eigenvalue weighted by Gasteiger charge is 2.30. The summed E-state index contributed by atoms with van der Waals surface area (Å²) in [6, 6.07) is 14.0. The van der Waals surface area contributed by atoms with Crippen LogP contribution in [0.25, 0.3) is 16.8 Å². The van der Waals surface area contributed by atoms with Crippen LogP contribution >= 0.6 is 11.6 Å². The van der Waals surface area contributed by atoms with E-state index in [0.717, 1.165) is 12.1 Å². The minimum absolute atomic E-state index is 0.257. The molecule has 178 valence electrons. The van der Waals surface area contributed by atoms with Crippen LogP contribution in [0.4, 0.5) is 24.7 Å². The first-order valence-electron chi connectivity index (χ1n) is 10.7. The Labute approximate surface area is 202 Å². The molecule has 2 aromatic heterocycles. The second-order valence-electron chi connectivity index (χ2n) is 8.10. The van der Waals surface area contributed by atoms with Crippen molar-refractivity contribution in [1.82, 2.24) is 14.6 Å². The first-order valence-corrected chi connectivity index (χ1v) is 11.1. The lowest BCUT2D eigenvalue weighted by atomic mass is 10.1. The van der Waals surface area contributed by atoms with E-state index >= 15 is 0 Å². The quantitative estimate of drug-likeness (QED) is 0.448. The smallest absolute Gasteiger partial charge is 0.368 e. The van der Waals surface area contributed by atoms with Gasteiger partial charge in [-0.3, -0.25) is 4.79 Å². The van der Waals surface area contributed by atoms with Crippen molar-refractivity contribution in [3.8, 4) is 17.2 Å². The zero-order valence-electron chi connectivity index (χ0n) is 18.2. The molecule has 0 aliphatic carbocycles. The number of nitrogens with zero attached hydrogens (tertiary/aromatic N) is 5. The van der Waals surface area contributed by atoms with Gasteiger partial charge in [0.05, 0.1) is 11.1 Å². The molecule has 11 heteroatoms. The fourth-order valence-electron chi connectivity index (χ4n) is 4.20. The third-order valence-corrected chi connectivity index (χ3v) is 6.30. The molecule has 0 unspecified atom stereocenters. The normalized spacial score (nSPS) is 14.4. The number of halogens is 4. The Hall–Kier alpha value is -3.97. The summed E-state index contributed by atoms with van der Waals surface area (Å²) in [5, 5.41) is 14.8. The van der Waals surface area contributed by atoms with E-state index in [4.69, 9.17) is 11.6 Å². The standard InChI is InChI=1S/C24H18ClF3N6O/c25-17-5-1-15(2-6-17)20-14-30-21-19(13-29)22(31-34(21)23(20)35)33-11-9-32(10-12-33)18-7-3-16(4-8-18)24(26,27)28/h1-8,14,30H,9-12H2. The molecule has 0 atom stereocenters. The Morgan fingerprint density at radius 3 is 2.20 bits per heavy atom. The lowest BCUT2D eigenvalue weighted by Crippen LogP contribution is -2.47. The van der Waals surface area contributed by atoms with Gasteiger partial charge < -0.3 is 14.8 Å². The molecule has 0 saturated carbocycles. The molecule has 5 rings (SSSR count). The fourth-order valence-corrected chi connectivity index (χ4v) is 4.33. The van der Waals surface area contributed by atoms with Crippen molar-refractivity contribution < 1.29 is 13.2 Å². The second-order valence-corrected chi connectivity index (χ2v) is 8.54. The molecule has 2 aromatic carbocycles. The molecule has 1 aliphatic rings. The summed E-state index contributed by atoms with van der Waals surface area (Å²) >= 11 is 5.94. The van der Waals surface area contributed by atoms with E-state index in [-0.39, 0.29) is 11.1 Å². The molecule has 0 bridgehead atoms. The number of anilines is 2. The van der Waals surface area contributed by atoms with Gasteiger partial charge in [0.25, 0.3) is 5.56 Å². The second kappa shape index (κ2) is 8.67. The van der Waals surface area contributed by atoms with Gasteiger partial charge in [0, 0.05) is 43.1 Å². The van der Waals surface area contributed by atoms with Crippen molar-refractivity contribution in [2.45, 2.75) is 6.18 Å². The number of fused-ring (bicyclic) bond motifs is 1. The molecule has 3 heterocycles. The van der Waals surface area contributed by atoms with E-state index in [1.807, 2.05) is 9.80 Å². The number of nitriles is 1. The first kappa shape index (κ1) is 22.8. The maximum Gasteiger partial charge on any atom is 0.416 e. The van der Waals surface area contributed by atoms with E-state index in [2.05, 4.69) is 16.2 Å². The summed E-state index contributed by atoms with van der Waals surface area (Å²) in [5.41, 5.74) is 1.25. The molecule has 1 saturated heterocycles. The van der Waals surface area contributed by atoms with Crippen LogP contribution in [0.5, 0.6) is 0 Å². The summed E-state index contributed by atoms with van der Waals surface area (Å²) in [6.07, 6.45) is -2.82. The molecule has 1 aliphatic heterocycles. The molecule has 35 heavy (non-hydrogen) atoms. The average molecular weight is 499 g/mol. The van der Waals surface area contributed by atoms with Crippen molar-refractivity contribution in [3.05, 3.63) is 81.2 Å². The Morgan fingerprint density at radius 2 is 1.60 bits per heavy atom. The summed E-state index contributed by atoms with van der Waals surface area (Å²) < 4.78 is 39.7. The largest absolute Gasteiger partial charge is 0.416 e. The molecule has 1 N–H and O–H groups in total. The zero-order valence-corrected chi connectivity index (χ0v) is 18.9. The number of benzene rings is 2. The van der Waals surface area contributed by atoms with E-state index in [1.165, 1.54) is 16.6 Å². The summed E-state index contributed by atoms with van der Waals surface area (Å²) in [7, 11) is 0. The number of piperazine rings is 1. The molecular weight excluding hydrogens is 481 g/mol. The number of hydrogen-bond acceptors (Lipinski definition) is 5. The van der Waals surface area contributed by atoms with Crippen LogP contribution in [0, 0.1) is 11.3 Å². The van der Waals surface area contributed by atoms with Crippen molar-refractivity contribution in [3.63, 3.8) is 0 Å². The number of aromatic nitrogens is 3. The van der Waals surface area contributed by atoms with Crippen LogP contribution in [0.1, 0.15) is 11.1 Å². The minimum atomic E-state index is -4.38. The van der Waals surface area contributed by atoms with Gasteiger partial charge >= 0.3 is 6.18 Å². The maximum atomic E-state index is 13.1. The Morgan fingerprint density at radius 1 is 0.971 bits per heavy atom. The molecule has 1 fully saturated rings. The van der Waals surface area contributed by atoms with E-state index in [1.54, 1.807) is 30.5 Å². The van der Waals surface area contributed by atoms with Crippen LogP contribution in [0.15, 0.2) is 59.5 Å². The number of H-pyrrole nitrogens is 1. The zero-order chi connectivity index (χ0) is 24.7. The summed E-state index contributed by atoms with van der Waals surface area (Å²) in [4.78, 5) is 20.0. The van der Waals surface area contributed by atoms with Crippen molar-refractivity contribution >= 4 is 28.8 Å². The van der Waals surface area contributed by atoms with E-state index in [9.17, 15) is 23.2 Å². The van der Waals surface area contributed by atoms with Crippen LogP contribution in [0.2, 0.25) is 5.02 Å². The number of hydrogen-bond donors (Lipinski definition) is 1. The van der Waals surface area contributed by atoms with Gasteiger partial charge in [0.15, 0.2) is 11.5 Å². The number of nitrogens with one attached hydrogen (secondary N) is 1. The third-order valence-electron chi connectivity index (χ3n) is 6.05. The van der Waals surface area contributed by atoms with Crippen LogP contribution < -0.4 is 15.4 Å². The highest BCUT2D eigenvalue weighted by atomic mass is 35.5. The summed E-state index contributed by atoms with van der Waals surface area (Å²) in [6.45, 7) is 2.01.